The van der Waals surface area contributed by atoms with Crippen LogP contribution >= 0.6 is 11.8 Å². The number of hydrogen-bond acceptors (Lipinski definition) is 3. The summed E-state index contributed by atoms with van der Waals surface area (Å²) in [5.74, 6) is 2.45. The van der Waals surface area contributed by atoms with E-state index in [-0.39, 0.29) is 0 Å². The molecule has 0 radical (unpaired) electrons. The van der Waals surface area contributed by atoms with E-state index < -0.39 is 0 Å². The molecule has 0 aliphatic rings. The van der Waals surface area contributed by atoms with E-state index in [1.165, 1.54) is 75.7 Å². The monoisotopic (exact) mass is 374 g/mol. The van der Waals surface area contributed by atoms with Gasteiger partial charge in [-0.05, 0) is 50.0 Å². The minimum Gasteiger partial charge on any atom is -0.378 e. The third kappa shape index (κ3) is 17.4. The highest BCUT2D eigenvalue weighted by atomic mass is 32.2. The predicted molar refractivity (Wildman–Crippen MR) is 115 cm³/mol. The molecule has 0 aromatic carbocycles. The number of thioether (sulfide) groups is 1. The fourth-order valence-corrected chi connectivity index (χ4v) is 3.96. The smallest absolute Gasteiger partial charge is 0.0580 e. The Morgan fingerprint density at radius 2 is 1.04 bits per heavy atom. The van der Waals surface area contributed by atoms with Crippen molar-refractivity contribution in [2.45, 2.75) is 117 Å². The average molecular weight is 375 g/mol. The lowest BCUT2D eigenvalue weighted by Crippen LogP contribution is -2.15. The molecule has 0 saturated carbocycles. The van der Waals surface area contributed by atoms with E-state index >= 15 is 0 Å². The van der Waals surface area contributed by atoms with Crippen molar-refractivity contribution in [2.24, 2.45) is 0 Å². The summed E-state index contributed by atoms with van der Waals surface area (Å²) >= 11 is 2.08. The molecule has 0 rings (SSSR count). The second-order valence-electron chi connectivity index (χ2n) is 7.11. The number of unbranched alkanes of at least 4 members (excludes halogenated alkanes) is 6. The molecule has 0 bridgehead atoms. The predicted octanol–water partition coefficient (Wildman–Crippen LogP) is 7.25. The number of rotatable bonds is 20. The third-order valence-electron chi connectivity index (χ3n) is 4.78. The highest BCUT2D eigenvalue weighted by Crippen LogP contribution is 2.15. The van der Waals surface area contributed by atoms with Crippen LogP contribution in [0.3, 0.4) is 0 Å². The van der Waals surface area contributed by atoms with E-state index in [1.54, 1.807) is 0 Å². The minimum absolute atomic E-state index is 0.464. The molecule has 25 heavy (non-hydrogen) atoms. The van der Waals surface area contributed by atoms with Crippen molar-refractivity contribution in [1.82, 2.24) is 0 Å². The van der Waals surface area contributed by atoms with Crippen LogP contribution in [0.2, 0.25) is 0 Å². The van der Waals surface area contributed by atoms with Gasteiger partial charge in [0.25, 0.3) is 0 Å². The lowest BCUT2D eigenvalue weighted by atomic mass is 10.2. The summed E-state index contributed by atoms with van der Waals surface area (Å²) in [5, 5.41) is 0. The first-order valence-electron chi connectivity index (χ1n) is 11.1. The molecular formula is C22H46O2S. The van der Waals surface area contributed by atoms with Crippen molar-refractivity contribution in [3.8, 4) is 0 Å². The van der Waals surface area contributed by atoms with Gasteiger partial charge in [-0.15, -0.1) is 0 Å². The van der Waals surface area contributed by atoms with Gasteiger partial charge in [-0.25, -0.2) is 0 Å². The first kappa shape index (κ1) is 25.3. The maximum Gasteiger partial charge on any atom is 0.0580 e. The van der Waals surface area contributed by atoms with Crippen molar-refractivity contribution in [1.29, 1.82) is 0 Å². The lowest BCUT2D eigenvalue weighted by molar-refractivity contribution is 0.0457. The average Bonchev–Trinajstić information content (AvgIpc) is 2.64. The van der Waals surface area contributed by atoms with Gasteiger partial charge in [-0.2, -0.15) is 11.8 Å². The molecule has 152 valence electrons. The van der Waals surface area contributed by atoms with Crippen LogP contribution in [0.5, 0.6) is 0 Å². The van der Waals surface area contributed by atoms with Gasteiger partial charge in [0.05, 0.1) is 12.2 Å². The van der Waals surface area contributed by atoms with Crippen molar-refractivity contribution in [3.05, 3.63) is 0 Å². The highest BCUT2D eigenvalue weighted by molar-refractivity contribution is 7.99. The molecular weight excluding hydrogens is 328 g/mol. The van der Waals surface area contributed by atoms with Crippen LogP contribution in [0.15, 0.2) is 0 Å². The standard InChI is InChI=1S/C22H46O2S/c1-5-9-11-13-17-23-21(7-3)15-19-25-20-16-22(8-4)24-18-14-12-10-6-2/h21-22H,5-20H2,1-4H3. The summed E-state index contributed by atoms with van der Waals surface area (Å²) in [5.41, 5.74) is 0. The zero-order chi connectivity index (χ0) is 18.6. The van der Waals surface area contributed by atoms with Gasteiger partial charge >= 0.3 is 0 Å². The molecule has 2 nitrogen and oxygen atoms in total. The Morgan fingerprint density at radius 3 is 1.40 bits per heavy atom. The quantitative estimate of drug-likeness (QED) is 0.209. The maximum atomic E-state index is 6.03. The van der Waals surface area contributed by atoms with E-state index in [2.05, 4.69) is 39.5 Å². The molecule has 0 aromatic rings. The summed E-state index contributed by atoms with van der Waals surface area (Å²) in [7, 11) is 0. The van der Waals surface area contributed by atoms with E-state index in [4.69, 9.17) is 9.47 Å². The Bertz CT molecular complexity index is 224. The van der Waals surface area contributed by atoms with Gasteiger partial charge in [0.1, 0.15) is 0 Å². The summed E-state index contributed by atoms with van der Waals surface area (Å²) in [6.45, 7) is 10.9. The molecule has 3 heteroatoms. The van der Waals surface area contributed by atoms with Gasteiger partial charge in [0.2, 0.25) is 0 Å². The Labute approximate surface area is 163 Å². The van der Waals surface area contributed by atoms with Crippen LogP contribution in [-0.4, -0.2) is 36.9 Å². The van der Waals surface area contributed by atoms with E-state index in [0.717, 1.165) is 26.1 Å². The summed E-state index contributed by atoms with van der Waals surface area (Å²) in [4.78, 5) is 0. The van der Waals surface area contributed by atoms with Gasteiger partial charge in [0.15, 0.2) is 0 Å². The largest absolute Gasteiger partial charge is 0.378 e. The van der Waals surface area contributed by atoms with Crippen molar-refractivity contribution in [3.63, 3.8) is 0 Å². The molecule has 0 heterocycles. The first-order chi connectivity index (χ1) is 12.3. The fourth-order valence-electron chi connectivity index (χ4n) is 2.90. The van der Waals surface area contributed by atoms with E-state index in [1.807, 2.05) is 0 Å². The molecule has 2 atom stereocenters. The van der Waals surface area contributed by atoms with Crippen molar-refractivity contribution in [2.75, 3.05) is 24.7 Å². The molecule has 0 spiro atoms. The Kier molecular flexibility index (Phi) is 20.8. The molecule has 0 aromatic heterocycles. The second-order valence-corrected chi connectivity index (χ2v) is 8.34. The molecule has 2 unspecified atom stereocenters. The van der Waals surface area contributed by atoms with E-state index in [0.29, 0.717) is 12.2 Å². The Hall–Kier alpha value is 0.270. The first-order valence-corrected chi connectivity index (χ1v) is 12.2. The molecule has 0 fully saturated rings. The van der Waals surface area contributed by atoms with Gasteiger partial charge in [-0.3, -0.25) is 0 Å². The normalized spacial score (nSPS) is 13.9. The Balaban J connectivity index is 3.55. The molecule has 0 aliphatic carbocycles. The molecule has 0 amide bonds. The summed E-state index contributed by atoms with van der Waals surface area (Å²) < 4.78 is 12.1. The van der Waals surface area contributed by atoms with Crippen LogP contribution < -0.4 is 0 Å². The molecule has 0 saturated heterocycles. The summed E-state index contributed by atoms with van der Waals surface area (Å²) in [6.07, 6.45) is 16.0. The fraction of sp³-hybridized carbons (Fsp3) is 1.00. The van der Waals surface area contributed by atoms with Gasteiger partial charge < -0.3 is 9.47 Å². The zero-order valence-corrected chi connectivity index (χ0v) is 18.5. The molecule has 0 aliphatic heterocycles. The van der Waals surface area contributed by atoms with Crippen LogP contribution in [0.25, 0.3) is 0 Å². The third-order valence-corrected chi connectivity index (χ3v) is 5.83. The zero-order valence-electron chi connectivity index (χ0n) is 17.7. The minimum atomic E-state index is 0.464. The van der Waals surface area contributed by atoms with E-state index in [9.17, 15) is 0 Å². The molecule has 0 N–H and O–H groups in total. The number of hydrogen-bond donors (Lipinski definition) is 0. The van der Waals surface area contributed by atoms with Gasteiger partial charge in [0, 0.05) is 13.2 Å². The van der Waals surface area contributed by atoms with Crippen molar-refractivity contribution >= 4 is 11.8 Å². The van der Waals surface area contributed by atoms with Gasteiger partial charge in [-0.1, -0.05) is 66.2 Å². The van der Waals surface area contributed by atoms with Crippen molar-refractivity contribution < 1.29 is 9.47 Å². The maximum absolute atomic E-state index is 6.03. The number of ether oxygens (including phenoxy) is 2. The Morgan fingerprint density at radius 1 is 0.600 bits per heavy atom. The summed E-state index contributed by atoms with van der Waals surface area (Å²) in [6, 6.07) is 0. The second kappa shape index (κ2) is 20.6. The SMILES string of the molecule is CCCCCCOC(CC)CCSCCC(CC)OCCCCCC. The van der Waals surface area contributed by atoms with Crippen LogP contribution in [-0.2, 0) is 9.47 Å². The van der Waals surface area contributed by atoms with Crippen LogP contribution in [0.4, 0.5) is 0 Å². The lowest BCUT2D eigenvalue weighted by Gasteiger charge is -2.17. The topological polar surface area (TPSA) is 18.5 Å². The van der Waals surface area contributed by atoms with Crippen LogP contribution in [0.1, 0.15) is 105 Å². The van der Waals surface area contributed by atoms with Crippen LogP contribution in [0, 0.1) is 0 Å². The highest BCUT2D eigenvalue weighted by Gasteiger charge is 2.08.